The molecule has 0 spiro atoms. The summed E-state index contributed by atoms with van der Waals surface area (Å²) in [6.07, 6.45) is -1.01. The first-order valence-electron chi connectivity index (χ1n) is 5.10. The number of aryl methyl sites for hydroxylation is 2. The number of carbonyl (C=O) groups is 1. The molecular weight excluding hydrogens is 206 g/mol. The number of rotatable bonds is 3. The molecule has 16 heavy (non-hydrogen) atoms. The third kappa shape index (κ3) is 2.73. The molecule has 1 aromatic rings. The van der Waals surface area contributed by atoms with Gasteiger partial charge in [-0.1, -0.05) is 0 Å². The van der Waals surface area contributed by atoms with Crippen molar-refractivity contribution < 1.29 is 14.6 Å². The number of anilines is 1. The molecular formula is C12H17NO3. The lowest BCUT2D eigenvalue weighted by molar-refractivity contribution is -0.123. The second kappa shape index (κ2) is 4.99. The van der Waals surface area contributed by atoms with E-state index in [2.05, 4.69) is 5.32 Å². The van der Waals surface area contributed by atoms with E-state index in [0.717, 1.165) is 16.9 Å². The van der Waals surface area contributed by atoms with Crippen LogP contribution in [0.1, 0.15) is 18.1 Å². The van der Waals surface area contributed by atoms with E-state index in [1.807, 2.05) is 26.0 Å². The van der Waals surface area contributed by atoms with Crippen molar-refractivity contribution in [2.75, 3.05) is 12.4 Å². The van der Waals surface area contributed by atoms with Gasteiger partial charge in [-0.2, -0.15) is 0 Å². The van der Waals surface area contributed by atoms with Crippen LogP contribution in [-0.4, -0.2) is 24.2 Å². The van der Waals surface area contributed by atoms with Gasteiger partial charge >= 0.3 is 0 Å². The van der Waals surface area contributed by atoms with E-state index in [4.69, 9.17) is 9.84 Å². The van der Waals surface area contributed by atoms with Gasteiger partial charge in [0.05, 0.1) is 7.11 Å². The van der Waals surface area contributed by atoms with Gasteiger partial charge in [0.15, 0.2) is 0 Å². The Morgan fingerprint density at radius 3 is 2.25 bits per heavy atom. The number of methoxy groups -OCH3 is 1. The fourth-order valence-corrected chi connectivity index (χ4v) is 1.59. The number of benzene rings is 1. The van der Waals surface area contributed by atoms with Crippen LogP contribution in [0.2, 0.25) is 0 Å². The van der Waals surface area contributed by atoms with Gasteiger partial charge < -0.3 is 15.2 Å². The third-order valence-electron chi connectivity index (χ3n) is 2.31. The summed E-state index contributed by atoms with van der Waals surface area (Å²) in [5.41, 5.74) is 2.56. The van der Waals surface area contributed by atoms with Crippen LogP contribution in [0.25, 0.3) is 0 Å². The molecule has 0 saturated heterocycles. The number of hydrogen-bond acceptors (Lipinski definition) is 3. The maximum atomic E-state index is 11.3. The van der Waals surface area contributed by atoms with Crippen LogP contribution in [0, 0.1) is 13.8 Å². The lowest BCUT2D eigenvalue weighted by Crippen LogP contribution is -2.24. The van der Waals surface area contributed by atoms with Gasteiger partial charge in [-0.15, -0.1) is 0 Å². The van der Waals surface area contributed by atoms with Crippen LogP contribution >= 0.6 is 0 Å². The quantitative estimate of drug-likeness (QED) is 0.818. The molecule has 0 aliphatic carbocycles. The Morgan fingerprint density at radius 2 is 1.88 bits per heavy atom. The van der Waals surface area contributed by atoms with Crippen molar-refractivity contribution in [3.05, 3.63) is 23.3 Å². The largest absolute Gasteiger partial charge is 0.496 e. The summed E-state index contributed by atoms with van der Waals surface area (Å²) in [6, 6.07) is 3.62. The summed E-state index contributed by atoms with van der Waals surface area (Å²) in [4.78, 5) is 11.3. The van der Waals surface area contributed by atoms with E-state index in [0.29, 0.717) is 5.69 Å². The first kappa shape index (κ1) is 12.5. The van der Waals surface area contributed by atoms with Gasteiger partial charge in [-0.05, 0) is 44.0 Å². The standard InChI is InChI=1S/C12H17NO3/c1-7-5-10(13-12(15)9(3)14)6-8(2)11(7)16-4/h5-6,9,14H,1-4H3,(H,13,15). The Hall–Kier alpha value is -1.55. The van der Waals surface area contributed by atoms with Crippen LogP contribution in [0.15, 0.2) is 12.1 Å². The molecule has 2 N–H and O–H groups in total. The Labute approximate surface area is 95.2 Å². The predicted octanol–water partition coefficient (Wildman–Crippen LogP) is 1.63. The minimum Gasteiger partial charge on any atom is -0.496 e. The first-order valence-corrected chi connectivity index (χ1v) is 5.10. The molecule has 0 aromatic heterocycles. The lowest BCUT2D eigenvalue weighted by atomic mass is 10.1. The minimum atomic E-state index is -1.01. The van der Waals surface area contributed by atoms with Gasteiger partial charge in [0.25, 0.3) is 5.91 Å². The molecule has 0 fully saturated rings. The molecule has 0 saturated carbocycles. The fourth-order valence-electron chi connectivity index (χ4n) is 1.59. The summed E-state index contributed by atoms with van der Waals surface area (Å²) in [6.45, 7) is 5.24. The molecule has 0 bridgehead atoms. The minimum absolute atomic E-state index is 0.413. The predicted molar refractivity (Wildman–Crippen MR) is 62.8 cm³/mol. The third-order valence-corrected chi connectivity index (χ3v) is 2.31. The number of aliphatic hydroxyl groups is 1. The molecule has 1 amide bonds. The number of nitrogens with one attached hydrogen (secondary N) is 1. The highest BCUT2D eigenvalue weighted by molar-refractivity contribution is 5.94. The average molecular weight is 223 g/mol. The first-order chi connectivity index (χ1) is 7.45. The molecule has 88 valence electrons. The van der Waals surface area contributed by atoms with Crippen molar-refractivity contribution in [2.45, 2.75) is 26.9 Å². The number of amides is 1. The summed E-state index contributed by atoms with van der Waals surface area (Å²) in [7, 11) is 1.61. The number of carbonyl (C=O) groups excluding carboxylic acids is 1. The Morgan fingerprint density at radius 1 is 1.38 bits per heavy atom. The normalized spacial score (nSPS) is 12.1. The van der Waals surface area contributed by atoms with Gasteiger partial charge in [0.1, 0.15) is 11.9 Å². The average Bonchev–Trinajstić information content (AvgIpc) is 2.16. The Balaban J connectivity index is 2.96. The van der Waals surface area contributed by atoms with Crippen LogP contribution in [0.3, 0.4) is 0 Å². The number of hydrogen-bond donors (Lipinski definition) is 2. The Bertz CT molecular complexity index is 376. The second-order valence-corrected chi connectivity index (χ2v) is 3.81. The van der Waals surface area contributed by atoms with E-state index in [1.54, 1.807) is 7.11 Å². The molecule has 1 atom stereocenters. The van der Waals surface area contributed by atoms with E-state index < -0.39 is 12.0 Å². The van der Waals surface area contributed by atoms with Crippen molar-refractivity contribution in [1.82, 2.24) is 0 Å². The molecule has 1 unspecified atom stereocenters. The zero-order valence-corrected chi connectivity index (χ0v) is 10.00. The highest BCUT2D eigenvalue weighted by atomic mass is 16.5. The van der Waals surface area contributed by atoms with Gasteiger partial charge in [0.2, 0.25) is 0 Å². The van der Waals surface area contributed by atoms with Crippen molar-refractivity contribution in [2.24, 2.45) is 0 Å². The monoisotopic (exact) mass is 223 g/mol. The zero-order chi connectivity index (χ0) is 12.3. The molecule has 0 radical (unpaired) electrons. The van der Waals surface area contributed by atoms with Crippen molar-refractivity contribution >= 4 is 11.6 Å². The molecule has 0 heterocycles. The smallest absolute Gasteiger partial charge is 0.252 e. The molecule has 1 aromatic carbocycles. The van der Waals surface area contributed by atoms with E-state index in [9.17, 15) is 4.79 Å². The summed E-state index contributed by atoms with van der Waals surface area (Å²) < 4.78 is 5.22. The lowest BCUT2D eigenvalue weighted by Gasteiger charge is -2.12. The van der Waals surface area contributed by atoms with Gasteiger partial charge in [-0.3, -0.25) is 4.79 Å². The molecule has 4 heteroatoms. The SMILES string of the molecule is COc1c(C)cc(NC(=O)C(C)O)cc1C. The van der Waals surface area contributed by atoms with Gasteiger partial charge in [-0.25, -0.2) is 0 Å². The van der Waals surface area contributed by atoms with Gasteiger partial charge in [0, 0.05) is 5.69 Å². The van der Waals surface area contributed by atoms with E-state index >= 15 is 0 Å². The highest BCUT2D eigenvalue weighted by Gasteiger charge is 2.11. The number of ether oxygens (including phenoxy) is 1. The van der Waals surface area contributed by atoms with Crippen molar-refractivity contribution in [1.29, 1.82) is 0 Å². The van der Waals surface area contributed by atoms with E-state index in [-0.39, 0.29) is 0 Å². The molecule has 1 rings (SSSR count). The molecule has 0 aliphatic heterocycles. The van der Waals surface area contributed by atoms with Crippen LogP contribution in [0.5, 0.6) is 5.75 Å². The topological polar surface area (TPSA) is 58.6 Å². The highest BCUT2D eigenvalue weighted by Crippen LogP contribution is 2.26. The van der Waals surface area contributed by atoms with Crippen LogP contribution in [0.4, 0.5) is 5.69 Å². The summed E-state index contributed by atoms with van der Waals surface area (Å²) >= 11 is 0. The Kier molecular flexibility index (Phi) is 3.90. The zero-order valence-electron chi connectivity index (χ0n) is 10.00. The van der Waals surface area contributed by atoms with Crippen LogP contribution < -0.4 is 10.1 Å². The molecule has 4 nitrogen and oxygen atoms in total. The maximum Gasteiger partial charge on any atom is 0.252 e. The molecule has 0 aliphatic rings. The summed E-state index contributed by atoms with van der Waals surface area (Å²) in [5, 5.41) is 11.7. The fraction of sp³-hybridized carbons (Fsp3) is 0.417. The second-order valence-electron chi connectivity index (χ2n) is 3.81. The summed E-state index contributed by atoms with van der Waals surface area (Å²) in [5.74, 6) is 0.402. The number of aliphatic hydroxyl groups excluding tert-OH is 1. The van der Waals surface area contributed by atoms with Crippen molar-refractivity contribution in [3.8, 4) is 5.75 Å². The maximum absolute atomic E-state index is 11.3. The van der Waals surface area contributed by atoms with Crippen LogP contribution in [-0.2, 0) is 4.79 Å². The van der Waals surface area contributed by atoms with Crippen molar-refractivity contribution in [3.63, 3.8) is 0 Å². The van der Waals surface area contributed by atoms with E-state index in [1.165, 1.54) is 6.92 Å².